The molecule has 19 heavy (non-hydrogen) atoms. The van der Waals surface area contributed by atoms with E-state index in [1.807, 2.05) is 54.6 Å². The molecule has 0 aliphatic carbocycles. The van der Waals surface area contributed by atoms with Gasteiger partial charge in [-0.25, -0.2) is 0 Å². The van der Waals surface area contributed by atoms with E-state index < -0.39 is 4.87 Å². The number of rotatable bonds is 1. The number of fused-ring (bicyclic) bond motifs is 1. The van der Waals surface area contributed by atoms with E-state index in [-0.39, 0.29) is 5.91 Å². The first-order chi connectivity index (χ1) is 9.20. The number of benzene rings is 2. The Hall–Kier alpha value is -1.80. The number of hydrogen-bond donors (Lipinski definition) is 1. The van der Waals surface area contributed by atoms with Crippen LogP contribution >= 0.6 is 11.6 Å². The van der Waals surface area contributed by atoms with Gasteiger partial charge in [0, 0.05) is 5.69 Å². The molecule has 96 valence electrons. The average Bonchev–Trinajstić information content (AvgIpc) is 2.59. The van der Waals surface area contributed by atoms with Crippen LogP contribution in [0.1, 0.15) is 17.5 Å². The minimum Gasteiger partial charge on any atom is -0.324 e. The summed E-state index contributed by atoms with van der Waals surface area (Å²) in [6.45, 7) is 0. The van der Waals surface area contributed by atoms with Crippen molar-refractivity contribution in [3.8, 4) is 0 Å². The fourth-order valence-corrected chi connectivity index (χ4v) is 2.75. The summed E-state index contributed by atoms with van der Waals surface area (Å²) in [6, 6.07) is 17.4. The van der Waals surface area contributed by atoms with Gasteiger partial charge >= 0.3 is 0 Å². The zero-order valence-corrected chi connectivity index (χ0v) is 11.2. The van der Waals surface area contributed by atoms with Crippen molar-refractivity contribution >= 4 is 23.2 Å². The molecule has 1 aliphatic rings. The Kier molecular flexibility index (Phi) is 3.03. The number of hydrogen-bond acceptors (Lipinski definition) is 1. The molecule has 3 heteroatoms. The summed E-state index contributed by atoms with van der Waals surface area (Å²) in [4.78, 5) is 11.5. The Morgan fingerprint density at radius 1 is 1.00 bits per heavy atom. The lowest BCUT2D eigenvalue weighted by Gasteiger charge is -2.23. The molecule has 1 atom stereocenters. The van der Waals surface area contributed by atoms with Crippen LogP contribution in [-0.4, -0.2) is 5.91 Å². The van der Waals surface area contributed by atoms with Gasteiger partial charge in [0.25, 0.3) is 0 Å². The van der Waals surface area contributed by atoms with Crippen LogP contribution in [0.4, 0.5) is 5.69 Å². The third-order valence-corrected chi connectivity index (χ3v) is 4.17. The van der Waals surface area contributed by atoms with Gasteiger partial charge in [-0.1, -0.05) is 48.5 Å². The zero-order chi connectivity index (χ0) is 13.3. The fourth-order valence-electron chi connectivity index (χ4n) is 2.48. The lowest BCUT2D eigenvalue weighted by Crippen LogP contribution is -2.34. The van der Waals surface area contributed by atoms with Crippen molar-refractivity contribution in [1.82, 2.24) is 0 Å². The summed E-state index contributed by atoms with van der Waals surface area (Å²) in [5, 5.41) is 2.94. The van der Waals surface area contributed by atoms with Gasteiger partial charge in [-0.15, -0.1) is 11.6 Å². The Labute approximate surface area is 117 Å². The van der Waals surface area contributed by atoms with E-state index >= 15 is 0 Å². The summed E-state index contributed by atoms with van der Waals surface area (Å²) >= 11 is 6.63. The molecular formula is C16H14ClNO. The van der Waals surface area contributed by atoms with Crippen LogP contribution < -0.4 is 5.32 Å². The standard InChI is InChI=1S/C16H14ClNO/c17-16(13-7-2-1-3-8-13)11-10-12-6-4-5-9-14(12)18-15(16)19/h1-9H,10-11H2,(H,18,19). The first-order valence-corrected chi connectivity index (χ1v) is 6.72. The predicted octanol–water partition coefficient (Wildman–Crippen LogP) is 3.71. The van der Waals surface area contributed by atoms with Crippen LogP contribution in [0.3, 0.4) is 0 Å². The second-order valence-corrected chi connectivity index (χ2v) is 5.42. The van der Waals surface area contributed by atoms with Crippen molar-refractivity contribution in [1.29, 1.82) is 0 Å². The van der Waals surface area contributed by atoms with Gasteiger partial charge in [0.2, 0.25) is 5.91 Å². The molecule has 1 unspecified atom stereocenters. The third kappa shape index (κ3) is 2.13. The zero-order valence-electron chi connectivity index (χ0n) is 10.4. The SMILES string of the molecule is O=C1Nc2ccccc2CCC1(Cl)c1ccccc1. The van der Waals surface area contributed by atoms with Crippen molar-refractivity contribution in [2.45, 2.75) is 17.7 Å². The Morgan fingerprint density at radius 3 is 2.47 bits per heavy atom. The first-order valence-electron chi connectivity index (χ1n) is 6.34. The molecule has 0 spiro atoms. The van der Waals surface area contributed by atoms with Gasteiger partial charge in [0.1, 0.15) is 4.87 Å². The minimum absolute atomic E-state index is 0.148. The molecule has 2 aromatic carbocycles. The first kappa shape index (κ1) is 12.2. The smallest absolute Gasteiger partial charge is 0.250 e. The molecule has 1 aliphatic heterocycles. The maximum atomic E-state index is 12.5. The second kappa shape index (κ2) is 4.71. The molecule has 1 heterocycles. The molecule has 1 amide bonds. The summed E-state index contributed by atoms with van der Waals surface area (Å²) in [7, 11) is 0. The van der Waals surface area contributed by atoms with E-state index in [1.54, 1.807) is 0 Å². The highest BCUT2D eigenvalue weighted by Gasteiger charge is 2.39. The summed E-state index contributed by atoms with van der Waals surface area (Å²) in [6.07, 6.45) is 1.38. The van der Waals surface area contributed by atoms with Crippen LogP contribution in [0.25, 0.3) is 0 Å². The topological polar surface area (TPSA) is 29.1 Å². The number of alkyl halides is 1. The predicted molar refractivity (Wildman–Crippen MR) is 77.4 cm³/mol. The van der Waals surface area contributed by atoms with Crippen LogP contribution in [0.5, 0.6) is 0 Å². The van der Waals surface area contributed by atoms with E-state index in [9.17, 15) is 4.79 Å². The van der Waals surface area contributed by atoms with Crippen LogP contribution in [0.2, 0.25) is 0 Å². The molecule has 0 bridgehead atoms. The van der Waals surface area contributed by atoms with Crippen molar-refractivity contribution in [3.05, 3.63) is 65.7 Å². The number of para-hydroxylation sites is 1. The Balaban J connectivity index is 2.01. The van der Waals surface area contributed by atoms with Gasteiger partial charge in [-0.2, -0.15) is 0 Å². The molecular weight excluding hydrogens is 258 g/mol. The highest BCUT2D eigenvalue weighted by Crippen LogP contribution is 2.38. The molecule has 0 saturated carbocycles. The molecule has 0 fully saturated rings. The highest BCUT2D eigenvalue weighted by molar-refractivity contribution is 6.36. The van der Waals surface area contributed by atoms with Crippen LogP contribution in [-0.2, 0) is 16.1 Å². The summed E-state index contributed by atoms with van der Waals surface area (Å²) in [5.74, 6) is -0.148. The van der Waals surface area contributed by atoms with Crippen molar-refractivity contribution in [2.75, 3.05) is 5.32 Å². The Bertz CT molecular complexity index is 611. The monoisotopic (exact) mass is 271 g/mol. The molecule has 1 N–H and O–H groups in total. The van der Waals surface area contributed by atoms with Gasteiger partial charge in [-0.05, 0) is 30.0 Å². The fraction of sp³-hybridized carbons (Fsp3) is 0.188. The van der Waals surface area contributed by atoms with Crippen LogP contribution in [0.15, 0.2) is 54.6 Å². The van der Waals surface area contributed by atoms with Gasteiger partial charge in [-0.3, -0.25) is 4.79 Å². The number of halogens is 1. The maximum Gasteiger partial charge on any atom is 0.250 e. The van der Waals surface area contributed by atoms with Gasteiger partial charge in [0.15, 0.2) is 0 Å². The minimum atomic E-state index is -0.986. The lowest BCUT2D eigenvalue weighted by molar-refractivity contribution is -0.119. The number of carbonyl (C=O) groups is 1. The largest absolute Gasteiger partial charge is 0.324 e. The molecule has 2 nitrogen and oxygen atoms in total. The molecule has 0 radical (unpaired) electrons. The van der Waals surface area contributed by atoms with E-state index in [0.717, 1.165) is 23.2 Å². The molecule has 0 saturated heterocycles. The third-order valence-electron chi connectivity index (χ3n) is 3.60. The average molecular weight is 272 g/mol. The van der Waals surface area contributed by atoms with Crippen molar-refractivity contribution in [2.24, 2.45) is 0 Å². The normalized spacial score (nSPS) is 22.3. The Morgan fingerprint density at radius 2 is 1.68 bits per heavy atom. The van der Waals surface area contributed by atoms with E-state index in [0.29, 0.717) is 6.42 Å². The number of anilines is 1. The van der Waals surface area contributed by atoms with E-state index in [4.69, 9.17) is 11.6 Å². The lowest BCUT2D eigenvalue weighted by atomic mass is 9.92. The second-order valence-electron chi connectivity index (χ2n) is 4.78. The highest BCUT2D eigenvalue weighted by atomic mass is 35.5. The number of carbonyl (C=O) groups excluding carboxylic acids is 1. The molecule has 3 rings (SSSR count). The summed E-state index contributed by atoms with van der Waals surface area (Å²) in [5.41, 5.74) is 2.85. The van der Waals surface area contributed by atoms with Crippen molar-refractivity contribution in [3.63, 3.8) is 0 Å². The van der Waals surface area contributed by atoms with Crippen LogP contribution in [0, 0.1) is 0 Å². The number of aryl methyl sites for hydroxylation is 1. The van der Waals surface area contributed by atoms with Crippen molar-refractivity contribution < 1.29 is 4.79 Å². The molecule has 0 aromatic heterocycles. The quantitative estimate of drug-likeness (QED) is 0.787. The molecule has 2 aromatic rings. The van der Waals surface area contributed by atoms with E-state index in [2.05, 4.69) is 5.32 Å². The van der Waals surface area contributed by atoms with Gasteiger partial charge < -0.3 is 5.32 Å². The number of amides is 1. The maximum absolute atomic E-state index is 12.5. The number of nitrogens with one attached hydrogen (secondary N) is 1. The van der Waals surface area contributed by atoms with E-state index in [1.165, 1.54) is 0 Å². The summed E-state index contributed by atoms with van der Waals surface area (Å²) < 4.78 is 0. The van der Waals surface area contributed by atoms with Gasteiger partial charge in [0.05, 0.1) is 0 Å².